The molecule has 0 atom stereocenters. The summed E-state index contributed by atoms with van der Waals surface area (Å²) in [7, 11) is 2.75. The molecule has 1 aliphatic rings. The van der Waals surface area contributed by atoms with Crippen LogP contribution in [0.2, 0.25) is 0 Å². The minimum atomic E-state index is -0.755. The third-order valence-electron chi connectivity index (χ3n) is 5.29. The highest BCUT2D eigenvalue weighted by Crippen LogP contribution is 2.34. The smallest absolute Gasteiger partial charge is 0.407 e. The Bertz CT molecular complexity index is 1360. The summed E-state index contributed by atoms with van der Waals surface area (Å²) in [5.41, 5.74) is 1.68. The highest BCUT2D eigenvalue weighted by molar-refractivity contribution is 6.22. The molecule has 13 nitrogen and oxygen atoms in total. The Kier molecular flexibility index (Phi) is 6.54. The maximum Gasteiger partial charge on any atom is 0.407 e. The lowest BCUT2D eigenvalue weighted by atomic mass is 10.1. The van der Waals surface area contributed by atoms with E-state index in [9.17, 15) is 24.3 Å². The van der Waals surface area contributed by atoms with Crippen LogP contribution < -0.4 is 10.1 Å². The number of hydrogen-bond acceptors (Lipinski definition) is 10. The number of phenols is 1. The van der Waals surface area contributed by atoms with Gasteiger partial charge in [-0.3, -0.25) is 14.5 Å². The first-order valence-corrected chi connectivity index (χ1v) is 10.6. The number of nitrogens with one attached hydrogen (secondary N) is 1. The van der Waals surface area contributed by atoms with Gasteiger partial charge in [-0.1, -0.05) is 6.58 Å². The quantitative estimate of drug-likeness (QED) is 0.202. The van der Waals surface area contributed by atoms with Gasteiger partial charge in [0, 0.05) is 13.1 Å². The van der Waals surface area contributed by atoms with Crippen LogP contribution in [0.1, 0.15) is 26.3 Å². The fraction of sp³-hybridized carbons (Fsp3) is 0.217. The lowest BCUT2D eigenvalue weighted by Gasteiger charge is -2.12. The predicted molar refractivity (Wildman–Crippen MR) is 123 cm³/mol. The molecule has 186 valence electrons. The molecule has 36 heavy (non-hydrogen) atoms. The van der Waals surface area contributed by atoms with E-state index < -0.39 is 23.9 Å². The summed E-state index contributed by atoms with van der Waals surface area (Å²) >= 11 is 0. The van der Waals surface area contributed by atoms with E-state index in [4.69, 9.17) is 14.2 Å². The van der Waals surface area contributed by atoms with E-state index in [2.05, 4.69) is 22.1 Å². The number of methoxy groups -OCH3 is 1. The van der Waals surface area contributed by atoms with Gasteiger partial charge in [-0.15, -0.1) is 15.0 Å². The van der Waals surface area contributed by atoms with Crippen molar-refractivity contribution in [1.29, 1.82) is 0 Å². The van der Waals surface area contributed by atoms with Crippen LogP contribution in [0.15, 0.2) is 36.9 Å². The Labute approximate surface area is 203 Å². The third-order valence-corrected chi connectivity index (χ3v) is 5.29. The number of amides is 3. The van der Waals surface area contributed by atoms with Crippen molar-refractivity contribution in [3.8, 4) is 17.2 Å². The third kappa shape index (κ3) is 4.53. The molecule has 13 heteroatoms. The number of fused-ring (bicyclic) bond motifs is 2. The first-order valence-electron chi connectivity index (χ1n) is 10.6. The average Bonchev–Trinajstić information content (AvgIpc) is 3.38. The minimum absolute atomic E-state index is 0.0388. The number of aromatic nitrogens is 3. The second kappa shape index (κ2) is 9.74. The molecule has 3 amide bonds. The first kappa shape index (κ1) is 24.2. The van der Waals surface area contributed by atoms with Crippen LogP contribution >= 0.6 is 0 Å². The van der Waals surface area contributed by atoms with Crippen molar-refractivity contribution >= 4 is 34.9 Å². The van der Waals surface area contributed by atoms with E-state index in [0.29, 0.717) is 16.6 Å². The fourth-order valence-electron chi connectivity index (χ4n) is 3.48. The number of alkyl carbamates (subject to hydrolysis) is 1. The maximum absolute atomic E-state index is 12.3. The van der Waals surface area contributed by atoms with Crippen molar-refractivity contribution in [1.82, 2.24) is 25.2 Å². The monoisotopic (exact) mass is 495 g/mol. The van der Waals surface area contributed by atoms with Crippen molar-refractivity contribution in [3.05, 3.63) is 53.6 Å². The highest BCUT2D eigenvalue weighted by Gasteiger charge is 2.33. The zero-order chi connectivity index (χ0) is 26.0. The second-order valence-electron chi connectivity index (χ2n) is 7.59. The second-order valence-corrected chi connectivity index (χ2v) is 7.59. The molecule has 2 heterocycles. The summed E-state index contributed by atoms with van der Waals surface area (Å²) in [6.45, 7) is 3.07. The van der Waals surface area contributed by atoms with Gasteiger partial charge in [0.15, 0.2) is 11.5 Å². The molecule has 2 aromatic carbocycles. The molecule has 4 rings (SSSR count). The van der Waals surface area contributed by atoms with Crippen LogP contribution in [0.25, 0.3) is 16.7 Å². The molecule has 0 aliphatic carbocycles. The van der Waals surface area contributed by atoms with E-state index in [1.807, 2.05) is 0 Å². The van der Waals surface area contributed by atoms with E-state index in [1.165, 1.54) is 38.4 Å². The van der Waals surface area contributed by atoms with Crippen LogP contribution in [-0.4, -0.2) is 76.2 Å². The zero-order valence-corrected chi connectivity index (χ0v) is 19.3. The van der Waals surface area contributed by atoms with Gasteiger partial charge in [0.1, 0.15) is 29.9 Å². The fourth-order valence-corrected chi connectivity index (χ4v) is 3.48. The molecule has 0 fully saturated rings. The van der Waals surface area contributed by atoms with E-state index >= 15 is 0 Å². The van der Waals surface area contributed by atoms with Crippen molar-refractivity contribution < 1.29 is 38.5 Å². The number of imide groups is 1. The van der Waals surface area contributed by atoms with Gasteiger partial charge >= 0.3 is 12.1 Å². The summed E-state index contributed by atoms with van der Waals surface area (Å²) in [4.78, 5) is 49.6. The zero-order valence-electron chi connectivity index (χ0n) is 19.3. The van der Waals surface area contributed by atoms with Crippen molar-refractivity contribution in [2.75, 3.05) is 27.3 Å². The molecular formula is C23H21N5O8. The van der Waals surface area contributed by atoms with Crippen LogP contribution in [-0.2, 0) is 20.9 Å². The van der Waals surface area contributed by atoms with E-state index in [1.54, 1.807) is 0 Å². The number of ether oxygens (including phenoxy) is 3. The van der Waals surface area contributed by atoms with E-state index in [0.717, 1.165) is 15.8 Å². The highest BCUT2D eigenvalue weighted by atomic mass is 16.6. The minimum Gasteiger partial charge on any atom is -0.503 e. The number of phenolic OH excluding ortho intramolecular Hbond substituents is 1. The van der Waals surface area contributed by atoms with Crippen LogP contribution in [0.3, 0.4) is 0 Å². The Morgan fingerprint density at radius 3 is 2.31 bits per heavy atom. The number of rotatable bonds is 8. The molecule has 3 aromatic rings. The number of esters is 1. The number of aromatic hydroxyl groups is 1. The van der Waals surface area contributed by atoms with Gasteiger partial charge in [-0.05, 0) is 29.8 Å². The number of carbonyl (C=O) groups is 4. The molecule has 0 radical (unpaired) electrons. The normalized spacial score (nSPS) is 12.4. The van der Waals surface area contributed by atoms with Gasteiger partial charge in [-0.25, -0.2) is 9.59 Å². The Hall–Kier alpha value is -4.94. The van der Waals surface area contributed by atoms with Crippen molar-refractivity contribution in [2.24, 2.45) is 0 Å². The largest absolute Gasteiger partial charge is 0.503 e. The molecule has 0 spiro atoms. The molecule has 0 saturated heterocycles. The van der Waals surface area contributed by atoms with Crippen molar-refractivity contribution in [2.45, 2.75) is 6.61 Å². The van der Waals surface area contributed by atoms with Gasteiger partial charge in [0.25, 0.3) is 11.8 Å². The summed E-state index contributed by atoms with van der Waals surface area (Å²) in [5.74, 6) is -1.67. The molecule has 2 N–H and O–H groups in total. The van der Waals surface area contributed by atoms with Gasteiger partial charge in [0.2, 0.25) is 0 Å². The lowest BCUT2D eigenvalue weighted by molar-refractivity contribution is -0.137. The van der Waals surface area contributed by atoms with Gasteiger partial charge < -0.3 is 24.6 Å². The number of hydrogen-bond donors (Lipinski definition) is 2. The topological polar surface area (TPSA) is 162 Å². The van der Waals surface area contributed by atoms with E-state index in [-0.39, 0.29) is 48.1 Å². The summed E-state index contributed by atoms with van der Waals surface area (Å²) in [6.07, 6.45) is 0.255. The number of carbonyl (C=O) groups excluding carboxylic acids is 4. The molecule has 1 aliphatic heterocycles. The summed E-state index contributed by atoms with van der Waals surface area (Å²) in [6, 6.07) is 5.90. The molecule has 0 saturated carbocycles. The van der Waals surface area contributed by atoms with Crippen molar-refractivity contribution in [3.63, 3.8) is 0 Å². The molecule has 0 unspecified atom stereocenters. The first-order chi connectivity index (χ1) is 17.2. The van der Waals surface area contributed by atoms with Gasteiger partial charge in [0.05, 0.1) is 24.8 Å². The number of benzene rings is 2. The average molecular weight is 495 g/mol. The van der Waals surface area contributed by atoms with Gasteiger partial charge in [-0.2, -0.15) is 0 Å². The Morgan fingerprint density at radius 2 is 1.72 bits per heavy atom. The van der Waals surface area contributed by atoms with Crippen LogP contribution in [0.4, 0.5) is 4.79 Å². The molecule has 1 aromatic heterocycles. The Morgan fingerprint density at radius 1 is 1.08 bits per heavy atom. The SMILES string of the molecule is C=CC(=O)OCCNC(=O)OCc1cc(OC)c(O)c(-n2nc3cc4c(cc3n2)C(=O)N(C)C4=O)c1. The lowest BCUT2D eigenvalue weighted by Crippen LogP contribution is -2.28. The maximum atomic E-state index is 12.3. The van der Waals surface area contributed by atoms with Crippen LogP contribution in [0.5, 0.6) is 11.5 Å². The van der Waals surface area contributed by atoms with Crippen LogP contribution in [0, 0.1) is 0 Å². The number of nitrogens with zero attached hydrogens (tertiary/aromatic N) is 4. The standard InChI is InChI=1S/C23H21N5O8/c1-4-19(29)35-6-5-24-23(33)36-11-12-7-17(20(30)18(8-12)34-3)28-25-15-9-13-14(10-16(15)26-28)22(32)27(2)21(13)31/h4,7-10,30H,1,5-6,11H2,2-3H3,(H,24,33). The predicted octanol–water partition coefficient (Wildman–Crippen LogP) is 1.32. The summed E-state index contributed by atoms with van der Waals surface area (Å²) < 4.78 is 15.1. The summed E-state index contributed by atoms with van der Waals surface area (Å²) in [5, 5.41) is 21.7. The molecule has 0 bridgehead atoms. The Balaban J connectivity index is 1.54. The molecular weight excluding hydrogens is 474 g/mol.